The Bertz CT molecular complexity index is 941. The molecule has 0 radical (unpaired) electrons. The van der Waals surface area contributed by atoms with Gasteiger partial charge in [-0.3, -0.25) is 0 Å². The molecule has 0 unspecified atom stereocenters. The first-order valence-electron chi connectivity index (χ1n) is 9.83. The molecule has 0 aliphatic heterocycles. The Balaban J connectivity index is 1.71. The Morgan fingerprint density at radius 1 is 1.22 bits per heavy atom. The van der Waals surface area contributed by atoms with Crippen molar-refractivity contribution in [2.75, 3.05) is 31.7 Å². The fourth-order valence-corrected chi connectivity index (χ4v) is 5.01. The fourth-order valence-electron chi connectivity index (χ4n) is 3.86. The Kier molecular flexibility index (Phi) is 5.80. The molecule has 0 saturated heterocycles. The zero-order chi connectivity index (χ0) is 18.6. The zero-order valence-corrected chi connectivity index (χ0v) is 16.6. The summed E-state index contributed by atoms with van der Waals surface area (Å²) >= 11 is 1.69. The summed E-state index contributed by atoms with van der Waals surface area (Å²) in [7, 11) is 0. The number of hydrogen-bond donors (Lipinski definition) is 2. The van der Waals surface area contributed by atoms with E-state index < -0.39 is 0 Å². The van der Waals surface area contributed by atoms with Gasteiger partial charge in [0, 0.05) is 17.6 Å². The molecule has 7 heteroatoms. The lowest BCUT2D eigenvalue weighted by molar-refractivity contribution is 0.0992. The van der Waals surface area contributed by atoms with Gasteiger partial charge in [-0.25, -0.2) is 15.0 Å². The van der Waals surface area contributed by atoms with E-state index in [4.69, 9.17) is 14.8 Å². The van der Waals surface area contributed by atoms with Gasteiger partial charge in [0.25, 0.3) is 0 Å². The monoisotopic (exact) mass is 386 g/mol. The largest absolute Gasteiger partial charge is 0.394 e. The number of aromatic nitrogens is 3. The van der Waals surface area contributed by atoms with Crippen LogP contribution in [0.5, 0.6) is 0 Å². The van der Waals surface area contributed by atoms with Gasteiger partial charge in [0.2, 0.25) is 0 Å². The van der Waals surface area contributed by atoms with Crippen LogP contribution < -0.4 is 5.32 Å². The second-order valence-corrected chi connectivity index (χ2v) is 7.92. The summed E-state index contributed by atoms with van der Waals surface area (Å²) in [6.07, 6.45) is 8.58. The summed E-state index contributed by atoms with van der Waals surface area (Å²) in [5, 5.41) is 13.4. The van der Waals surface area contributed by atoms with Crippen LogP contribution in [0.3, 0.4) is 0 Å². The third-order valence-corrected chi connectivity index (χ3v) is 6.18. The van der Waals surface area contributed by atoms with E-state index in [1.54, 1.807) is 17.7 Å². The molecule has 1 aliphatic rings. The first-order chi connectivity index (χ1) is 13.3. The standard InChI is InChI=1S/C20H26N4O2S/c1-2-3-7-15-13-5-4-6-14(13)16-17-18(27-20(16)24-15)19(23-12-22-17)21-8-10-26-11-9-25/h12,25H,2-11H2,1H3,(H,21,22,23). The molecule has 0 aromatic carbocycles. The smallest absolute Gasteiger partial charge is 0.147 e. The van der Waals surface area contributed by atoms with Crippen molar-refractivity contribution in [3.8, 4) is 0 Å². The van der Waals surface area contributed by atoms with Crippen molar-refractivity contribution in [1.82, 2.24) is 15.0 Å². The number of rotatable bonds is 9. The van der Waals surface area contributed by atoms with Crippen molar-refractivity contribution in [3.05, 3.63) is 23.1 Å². The maximum absolute atomic E-state index is 8.79. The van der Waals surface area contributed by atoms with E-state index in [1.165, 1.54) is 41.5 Å². The summed E-state index contributed by atoms with van der Waals surface area (Å²) in [6.45, 7) is 3.82. The SMILES string of the molecule is CCCCc1nc2sc3c(NCCOCCO)ncnc3c2c2c1CCC2. The average molecular weight is 387 g/mol. The van der Waals surface area contributed by atoms with Gasteiger partial charge in [0.1, 0.15) is 17.0 Å². The minimum atomic E-state index is 0.0468. The summed E-state index contributed by atoms with van der Waals surface area (Å²) < 4.78 is 6.40. The Morgan fingerprint density at radius 2 is 2.11 bits per heavy atom. The second-order valence-electron chi connectivity index (χ2n) is 6.92. The highest BCUT2D eigenvalue weighted by Crippen LogP contribution is 2.41. The molecule has 144 valence electrons. The van der Waals surface area contributed by atoms with Gasteiger partial charge in [-0.05, 0) is 43.2 Å². The number of aliphatic hydroxyl groups excluding tert-OH is 1. The van der Waals surface area contributed by atoms with Crippen molar-refractivity contribution < 1.29 is 9.84 Å². The third-order valence-electron chi connectivity index (χ3n) is 5.10. The number of thiophene rings is 1. The lowest BCUT2D eigenvalue weighted by Gasteiger charge is -2.09. The van der Waals surface area contributed by atoms with Crippen LogP contribution >= 0.6 is 11.3 Å². The highest BCUT2D eigenvalue weighted by atomic mass is 32.1. The molecular weight excluding hydrogens is 360 g/mol. The minimum absolute atomic E-state index is 0.0468. The van der Waals surface area contributed by atoms with E-state index in [-0.39, 0.29) is 6.61 Å². The lowest BCUT2D eigenvalue weighted by atomic mass is 10.0. The fraction of sp³-hybridized carbons (Fsp3) is 0.550. The molecule has 0 amide bonds. The summed E-state index contributed by atoms with van der Waals surface area (Å²) in [5.74, 6) is 0.845. The van der Waals surface area contributed by atoms with Crippen LogP contribution in [0.15, 0.2) is 6.33 Å². The molecule has 1 aliphatic carbocycles. The van der Waals surface area contributed by atoms with Gasteiger partial charge >= 0.3 is 0 Å². The number of nitrogens with zero attached hydrogens (tertiary/aromatic N) is 3. The highest BCUT2D eigenvalue weighted by Gasteiger charge is 2.23. The van der Waals surface area contributed by atoms with E-state index in [2.05, 4.69) is 22.2 Å². The zero-order valence-electron chi connectivity index (χ0n) is 15.8. The number of aryl methyl sites for hydroxylation is 2. The molecule has 3 aromatic heterocycles. The number of hydrogen-bond acceptors (Lipinski definition) is 7. The highest BCUT2D eigenvalue weighted by molar-refractivity contribution is 7.26. The first-order valence-corrected chi connectivity index (χ1v) is 10.7. The Morgan fingerprint density at radius 3 is 2.96 bits per heavy atom. The lowest BCUT2D eigenvalue weighted by Crippen LogP contribution is -2.12. The van der Waals surface area contributed by atoms with Crippen molar-refractivity contribution in [1.29, 1.82) is 0 Å². The van der Waals surface area contributed by atoms with Crippen LogP contribution in [-0.4, -0.2) is 46.4 Å². The van der Waals surface area contributed by atoms with E-state index in [1.807, 2.05) is 0 Å². The molecule has 6 nitrogen and oxygen atoms in total. The van der Waals surface area contributed by atoms with Gasteiger partial charge in [0.05, 0.1) is 30.0 Å². The molecule has 0 spiro atoms. The molecule has 2 N–H and O–H groups in total. The summed E-state index contributed by atoms with van der Waals surface area (Å²) in [4.78, 5) is 15.2. The van der Waals surface area contributed by atoms with Crippen molar-refractivity contribution in [2.45, 2.75) is 45.4 Å². The van der Waals surface area contributed by atoms with Crippen molar-refractivity contribution in [3.63, 3.8) is 0 Å². The molecule has 3 aromatic rings. The number of anilines is 1. The normalized spacial score (nSPS) is 13.6. The van der Waals surface area contributed by atoms with Crippen molar-refractivity contribution >= 4 is 37.6 Å². The average Bonchev–Trinajstić information content (AvgIpc) is 3.30. The van der Waals surface area contributed by atoms with Gasteiger partial charge in [-0.2, -0.15) is 0 Å². The van der Waals surface area contributed by atoms with Gasteiger partial charge in [-0.1, -0.05) is 13.3 Å². The Hall–Kier alpha value is -1.83. The van der Waals surface area contributed by atoms with E-state index in [9.17, 15) is 0 Å². The number of nitrogens with one attached hydrogen (secondary N) is 1. The third kappa shape index (κ3) is 3.63. The summed E-state index contributed by atoms with van der Waals surface area (Å²) in [5.41, 5.74) is 5.26. The predicted molar refractivity (Wildman–Crippen MR) is 110 cm³/mol. The number of unbranched alkanes of at least 4 members (excludes halogenated alkanes) is 1. The number of fused-ring (bicyclic) bond motifs is 5. The number of pyridine rings is 1. The molecule has 0 fully saturated rings. The van der Waals surface area contributed by atoms with E-state index in [0.29, 0.717) is 19.8 Å². The predicted octanol–water partition coefficient (Wildman–Crippen LogP) is 3.49. The van der Waals surface area contributed by atoms with E-state index >= 15 is 0 Å². The van der Waals surface area contributed by atoms with Crippen LogP contribution in [0.2, 0.25) is 0 Å². The van der Waals surface area contributed by atoms with Crippen LogP contribution in [0.4, 0.5) is 5.82 Å². The van der Waals surface area contributed by atoms with Crippen LogP contribution in [0.25, 0.3) is 20.4 Å². The number of ether oxygens (including phenoxy) is 1. The van der Waals surface area contributed by atoms with Gasteiger partial charge < -0.3 is 15.2 Å². The molecule has 3 heterocycles. The molecule has 4 rings (SSSR count). The van der Waals surface area contributed by atoms with Gasteiger partial charge in [0.15, 0.2) is 0 Å². The molecule has 0 saturated carbocycles. The second kappa shape index (κ2) is 8.46. The maximum Gasteiger partial charge on any atom is 0.147 e. The van der Waals surface area contributed by atoms with Gasteiger partial charge in [-0.15, -0.1) is 11.3 Å². The van der Waals surface area contributed by atoms with Crippen LogP contribution in [-0.2, 0) is 24.0 Å². The van der Waals surface area contributed by atoms with Crippen LogP contribution in [0, 0.1) is 0 Å². The molecular formula is C20H26N4O2S. The molecule has 0 bridgehead atoms. The molecule has 27 heavy (non-hydrogen) atoms. The maximum atomic E-state index is 8.79. The molecule has 0 atom stereocenters. The van der Waals surface area contributed by atoms with Crippen molar-refractivity contribution in [2.24, 2.45) is 0 Å². The topological polar surface area (TPSA) is 80.2 Å². The number of aliphatic hydroxyl groups is 1. The van der Waals surface area contributed by atoms with Crippen LogP contribution in [0.1, 0.15) is 43.0 Å². The van der Waals surface area contributed by atoms with E-state index in [0.717, 1.165) is 40.1 Å². The summed E-state index contributed by atoms with van der Waals surface area (Å²) in [6, 6.07) is 0. The quantitative estimate of drug-likeness (QED) is 0.548. The first kappa shape index (κ1) is 18.5. The Labute approximate surface area is 163 Å². The minimum Gasteiger partial charge on any atom is -0.394 e.